The number of likely N-dealkylation sites (N-methyl/N-ethyl adjacent to an activating group) is 1. The van der Waals surface area contributed by atoms with E-state index in [4.69, 9.17) is 0 Å². The SMILES string of the molecule is CCCCCCCCCCCCCCCCCC/C=C/C1N=CC[N+]1(CC)CCO. The summed E-state index contributed by atoms with van der Waals surface area (Å²) in [6.45, 7) is 7.56. The molecule has 0 radical (unpaired) electrons. The van der Waals surface area contributed by atoms with Gasteiger partial charge in [0.25, 0.3) is 0 Å². The van der Waals surface area contributed by atoms with Gasteiger partial charge in [0, 0.05) is 0 Å². The topological polar surface area (TPSA) is 32.6 Å². The average Bonchev–Trinajstić information content (AvgIpc) is 3.16. The molecule has 3 nitrogen and oxygen atoms in total. The van der Waals surface area contributed by atoms with Crippen LogP contribution in [0.4, 0.5) is 0 Å². The minimum Gasteiger partial charge on any atom is -0.391 e. The molecule has 0 amide bonds. The van der Waals surface area contributed by atoms with Crippen molar-refractivity contribution >= 4 is 6.21 Å². The predicted octanol–water partition coefficient (Wildman–Crippen LogP) is 7.43. The lowest BCUT2D eigenvalue weighted by Gasteiger charge is -2.36. The predicted molar refractivity (Wildman–Crippen MR) is 133 cm³/mol. The highest BCUT2D eigenvalue weighted by atomic mass is 16.3. The molecule has 1 N–H and O–H groups in total. The van der Waals surface area contributed by atoms with E-state index in [9.17, 15) is 5.11 Å². The van der Waals surface area contributed by atoms with Crippen LogP contribution in [0.3, 0.4) is 0 Å². The molecule has 1 heterocycles. The second-order valence-electron chi connectivity index (χ2n) is 9.43. The van der Waals surface area contributed by atoms with Crippen LogP contribution in [0.25, 0.3) is 0 Å². The molecule has 1 aliphatic rings. The largest absolute Gasteiger partial charge is 0.391 e. The number of nitrogens with zero attached hydrogens (tertiary/aromatic N) is 2. The van der Waals surface area contributed by atoms with Crippen LogP contribution in [0.2, 0.25) is 0 Å². The Bertz CT molecular complexity index is 435. The second-order valence-corrected chi connectivity index (χ2v) is 9.43. The van der Waals surface area contributed by atoms with Crippen molar-refractivity contribution in [1.82, 2.24) is 0 Å². The molecule has 30 heavy (non-hydrogen) atoms. The molecule has 0 aliphatic carbocycles. The maximum atomic E-state index is 9.37. The molecule has 0 saturated heterocycles. The first kappa shape index (κ1) is 27.4. The van der Waals surface area contributed by atoms with Gasteiger partial charge in [0.15, 0.2) is 0 Å². The van der Waals surface area contributed by atoms with Crippen LogP contribution in [-0.4, -0.2) is 48.2 Å². The number of unbranched alkanes of at least 4 members (excludes halogenated alkanes) is 16. The van der Waals surface area contributed by atoms with Gasteiger partial charge in [0.2, 0.25) is 6.17 Å². The van der Waals surface area contributed by atoms with Gasteiger partial charge in [-0.2, -0.15) is 0 Å². The normalized spacial score (nSPS) is 21.2. The first-order valence-electron chi connectivity index (χ1n) is 13.4. The van der Waals surface area contributed by atoms with Crippen LogP contribution in [0.5, 0.6) is 0 Å². The summed E-state index contributed by atoms with van der Waals surface area (Å²) in [5.41, 5.74) is 0. The highest BCUT2D eigenvalue weighted by molar-refractivity contribution is 5.60. The van der Waals surface area contributed by atoms with Gasteiger partial charge in [0.05, 0.1) is 19.4 Å². The zero-order valence-electron chi connectivity index (χ0n) is 20.5. The molecule has 0 spiro atoms. The van der Waals surface area contributed by atoms with Crippen LogP contribution >= 0.6 is 0 Å². The minimum absolute atomic E-state index is 0.225. The quantitative estimate of drug-likeness (QED) is 0.117. The van der Waals surface area contributed by atoms with Gasteiger partial charge in [-0.05, 0) is 25.8 Å². The molecule has 176 valence electrons. The summed E-state index contributed by atoms with van der Waals surface area (Å²) in [4.78, 5) is 4.64. The summed E-state index contributed by atoms with van der Waals surface area (Å²) < 4.78 is 0.895. The third-order valence-electron chi connectivity index (χ3n) is 6.97. The summed E-state index contributed by atoms with van der Waals surface area (Å²) in [7, 11) is 0. The number of aliphatic imine (C=N–C) groups is 1. The van der Waals surface area contributed by atoms with Crippen LogP contribution < -0.4 is 0 Å². The van der Waals surface area contributed by atoms with Crippen molar-refractivity contribution < 1.29 is 9.59 Å². The number of quaternary nitrogens is 1. The summed E-state index contributed by atoms with van der Waals surface area (Å²) >= 11 is 0. The fraction of sp³-hybridized carbons (Fsp3) is 0.889. The van der Waals surface area contributed by atoms with Crippen molar-refractivity contribution in [2.24, 2.45) is 4.99 Å². The summed E-state index contributed by atoms with van der Waals surface area (Å²) in [6, 6.07) is 0. The molecular weight excluding hydrogens is 368 g/mol. The van der Waals surface area contributed by atoms with E-state index in [1.54, 1.807) is 0 Å². The monoisotopic (exact) mass is 421 g/mol. The van der Waals surface area contributed by atoms with E-state index in [1.807, 2.05) is 6.21 Å². The Morgan fingerprint density at radius 1 is 0.800 bits per heavy atom. The van der Waals surface area contributed by atoms with E-state index in [0.29, 0.717) is 0 Å². The van der Waals surface area contributed by atoms with Gasteiger partial charge in [0.1, 0.15) is 13.1 Å². The Hall–Kier alpha value is -0.670. The third kappa shape index (κ3) is 12.2. The molecule has 0 aromatic heterocycles. The average molecular weight is 422 g/mol. The second kappa shape index (κ2) is 19.0. The summed E-state index contributed by atoms with van der Waals surface area (Å²) in [5.74, 6) is 0. The first-order valence-corrected chi connectivity index (χ1v) is 13.4. The Labute approximate surface area is 188 Å². The maximum absolute atomic E-state index is 9.37. The molecule has 0 aromatic carbocycles. The number of hydrogen-bond donors (Lipinski definition) is 1. The molecule has 3 heteroatoms. The van der Waals surface area contributed by atoms with Crippen LogP contribution in [0.1, 0.15) is 123 Å². The van der Waals surface area contributed by atoms with Gasteiger partial charge < -0.3 is 5.11 Å². The van der Waals surface area contributed by atoms with Crippen molar-refractivity contribution in [2.45, 2.75) is 129 Å². The Kier molecular flexibility index (Phi) is 17.4. The fourth-order valence-electron chi connectivity index (χ4n) is 4.72. The molecule has 1 rings (SSSR count). The van der Waals surface area contributed by atoms with Crippen molar-refractivity contribution in [2.75, 3.05) is 26.2 Å². The molecule has 2 unspecified atom stereocenters. The summed E-state index contributed by atoms with van der Waals surface area (Å²) in [5, 5.41) is 9.37. The number of allylic oxidation sites excluding steroid dienone is 1. The number of aliphatic hydroxyl groups is 1. The van der Waals surface area contributed by atoms with Crippen molar-refractivity contribution in [3.8, 4) is 0 Å². The third-order valence-corrected chi connectivity index (χ3v) is 6.97. The van der Waals surface area contributed by atoms with E-state index < -0.39 is 0 Å². The number of aliphatic hydroxyl groups excluding tert-OH is 1. The lowest BCUT2D eigenvalue weighted by atomic mass is 10.0. The maximum Gasteiger partial charge on any atom is 0.202 e. The lowest BCUT2D eigenvalue weighted by Crippen LogP contribution is -2.53. The zero-order chi connectivity index (χ0) is 21.8. The van der Waals surface area contributed by atoms with Crippen LogP contribution in [-0.2, 0) is 0 Å². The summed E-state index contributed by atoms with van der Waals surface area (Å²) in [6.07, 6.45) is 30.9. The Morgan fingerprint density at radius 2 is 1.30 bits per heavy atom. The lowest BCUT2D eigenvalue weighted by molar-refractivity contribution is -0.929. The Balaban J connectivity index is 1.87. The minimum atomic E-state index is 0.225. The van der Waals surface area contributed by atoms with Crippen molar-refractivity contribution in [3.63, 3.8) is 0 Å². The van der Waals surface area contributed by atoms with E-state index in [1.165, 1.54) is 109 Å². The Morgan fingerprint density at radius 3 is 1.77 bits per heavy atom. The zero-order valence-corrected chi connectivity index (χ0v) is 20.5. The number of rotatable bonds is 21. The van der Waals surface area contributed by atoms with Crippen LogP contribution in [0, 0.1) is 0 Å². The number of hydrogen-bond acceptors (Lipinski definition) is 2. The van der Waals surface area contributed by atoms with Crippen LogP contribution in [0.15, 0.2) is 17.1 Å². The highest BCUT2D eigenvalue weighted by Crippen LogP contribution is 2.20. The van der Waals surface area contributed by atoms with E-state index in [0.717, 1.165) is 24.1 Å². The highest BCUT2D eigenvalue weighted by Gasteiger charge is 2.35. The van der Waals surface area contributed by atoms with E-state index >= 15 is 0 Å². The molecule has 2 atom stereocenters. The van der Waals surface area contributed by atoms with Gasteiger partial charge in [-0.1, -0.05) is 109 Å². The van der Waals surface area contributed by atoms with Gasteiger partial charge in [-0.3, -0.25) is 4.48 Å². The molecular formula is C27H53N2O+. The van der Waals surface area contributed by atoms with Gasteiger partial charge in [-0.15, -0.1) is 0 Å². The van der Waals surface area contributed by atoms with Crippen molar-refractivity contribution in [1.29, 1.82) is 0 Å². The fourth-order valence-corrected chi connectivity index (χ4v) is 4.72. The standard InChI is InChI=1S/C27H53N2O/c1-3-5-6-7-8-9-10-11-12-13-14-15-16-17-18-19-20-21-22-27-28-23-24-29(27,4-2)25-26-30/h21-23,27,30H,3-20,24-26H2,1-2H3/q+1/b22-21+. The van der Waals surface area contributed by atoms with E-state index in [2.05, 4.69) is 31.0 Å². The molecule has 0 fully saturated rings. The van der Waals surface area contributed by atoms with Gasteiger partial charge in [-0.25, -0.2) is 4.99 Å². The van der Waals surface area contributed by atoms with Crippen molar-refractivity contribution in [3.05, 3.63) is 12.2 Å². The first-order chi connectivity index (χ1) is 14.8. The molecule has 1 aliphatic heterocycles. The molecule has 0 saturated carbocycles. The van der Waals surface area contributed by atoms with E-state index in [-0.39, 0.29) is 12.8 Å². The van der Waals surface area contributed by atoms with Gasteiger partial charge >= 0.3 is 0 Å². The molecule has 0 aromatic rings. The molecule has 0 bridgehead atoms. The smallest absolute Gasteiger partial charge is 0.202 e.